The van der Waals surface area contributed by atoms with Crippen molar-refractivity contribution in [3.8, 4) is 0 Å². The van der Waals surface area contributed by atoms with Crippen LogP contribution in [-0.4, -0.2) is 5.91 Å². The van der Waals surface area contributed by atoms with E-state index in [1.807, 2.05) is 37.3 Å². The van der Waals surface area contributed by atoms with Gasteiger partial charge in [-0.1, -0.05) is 37.8 Å². The molecule has 0 atom stereocenters. The minimum absolute atomic E-state index is 0.197. The number of carbonyl (C=O) groups is 1. The van der Waals surface area contributed by atoms with Gasteiger partial charge in [0.15, 0.2) is 0 Å². The average Bonchev–Trinajstić information content (AvgIpc) is 2.39. The molecule has 0 saturated heterocycles. The van der Waals surface area contributed by atoms with Gasteiger partial charge in [0.1, 0.15) is 0 Å². The van der Waals surface area contributed by atoms with Gasteiger partial charge in [0.25, 0.3) is 5.91 Å². The molecular weight excluding hydrogens is 224 g/mol. The van der Waals surface area contributed by atoms with Crippen LogP contribution in [0, 0.1) is 0 Å². The van der Waals surface area contributed by atoms with Crippen molar-refractivity contribution in [2.75, 3.05) is 5.32 Å². The van der Waals surface area contributed by atoms with E-state index in [-0.39, 0.29) is 5.91 Å². The van der Waals surface area contributed by atoms with Crippen molar-refractivity contribution in [2.45, 2.75) is 13.3 Å². The maximum atomic E-state index is 12.0. The van der Waals surface area contributed by atoms with Crippen molar-refractivity contribution in [1.82, 2.24) is 0 Å². The highest BCUT2D eigenvalue weighted by atomic mass is 16.1. The zero-order valence-electron chi connectivity index (χ0n) is 10.5. The maximum absolute atomic E-state index is 12.0. The number of hydrogen-bond acceptors (Lipinski definition) is 2. The molecule has 0 radical (unpaired) electrons. The van der Waals surface area contributed by atoms with Crippen LogP contribution < -0.4 is 11.1 Å². The summed E-state index contributed by atoms with van der Waals surface area (Å²) in [7, 11) is 0. The molecule has 3 nitrogen and oxygen atoms in total. The zero-order chi connectivity index (χ0) is 13.4. The molecule has 0 heterocycles. The molecule has 1 aromatic rings. The van der Waals surface area contributed by atoms with Crippen LogP contribution in [0.1, 0.15) is 13.3 Å². The van der Waals surface area contributed by atoms with Crippen LogP contribution in [0.5, 0.6) is 0 Å². The summed E-state index contributed by atoms with van der Waals surface area (Å²) in [4.78, 5) is 12.0. The number of nitrogens with two attached hydrogens (primary N) is 1. The Kier molecular flexibility index (Phi) is 5.45. The summed E-state index contributed by atoms with van der Waals surface area (Å²) < 4.78 is 0. The first-order valence-corrected chi connectivity index (χ1v) is 5.82. The van der Waals surface area contributed by atoms with Crippen LogP contribution in [-0.2, 0) is 4.79 Å². The molecule has 0 aliphatic carbocycles. The molecule has 3 heteroatoms. The third-order valence-electron chi connectivity index (χ3n) is 2.34. The SMILES string of the molecule is C=C/C=C(\C=C(\N)CC)C(=O)Nc1ccccc1. The second-order valence-corrected chi connectivity index (χ2v) is 3.75. The first kappa shape index (κ1) is 13.8. The van der Waals surface area contributed by atoms with Gasteiger partial charge in [-0.15, -0.1) is 0 Å². The predicted octanol–water partition coefficient (Wildman–Crippen LogP) is 2.99. The highest BCUT2D eigenvalue weighted by molar-refractivity contribution is 6.06. The van der Waals surface area contributed by atoms with Gasteiger partial charge in [0.05, 0.1) is 0 Å². The maximum Gasteiger partial charge on any atom is 0.255 e. The van der Waals surface area contributed by atoms with Crippen LogP contribution in [0.3, 0.4) is 0 Å². The summed E-state index contributed by atoms with van der Waals surface area (Å²) in [6.45, 7) is 5.53. The van der Waals surface area contributed by atoms with E-state index in [0.29, 0.717) is 17.7 Å². The third kappa shape index (κ3) is 4.29. The molecule has 1 aromatic carbocycles. The lowest BCUT2D eigenvalue weighted by Gasteiger charge is -2.06. The van der Waals surface area contributed by atoms with Gasteiger partial charge < -0.3 is 11.1 Å². The zero-order valence-corrected chi connectivity index (χ0v) is 10.5. The van der Waals surface area contributed by atoms with Gasteiger partial charge in [-0.3, -0.25) is 4.79 Å². The van der Waals surface area contributed by atoms with Gasteiger partial charge in [-0.05, 0) is 30.7 Å². The number of amides is 1. The molecule has 0 aliphatic heterocycles. The Morgan fingerprint density at radius 3 is 2.61 bits per heavy atom. The van der Waals surface area contributed by atoms with E-state index >= 15 is 0 Å². The van der Waals surface area contributed by atoms with E-state index in [1.54, 1.807) is 18.2 Å². The Bertz CT molecular complexity index is 473. The Hall–Kier alpha value is -2.29. The number of carbonyl (C=O) groups excluding carboxylic acids is 1. The Labute approximate surface area is 108 Å². The number of rotatable bonds is 5. The largest absolute Gasteiger partial charge is 0.402 e. The van der Waals surface area contributed by atoms with Crippen LogP contribution in [0.15, 0.2) is 66.4 Å². The molecule has 0 unspecified atom stereocenters. The normalized spacial score (nSPS) is 12.1. The second-order valence-electron chi connectivity index (χ2n) is 3.75. The molecular formula is C15H18N2O. The number of benzene rings is 1. The predicted molar refractivity (Wildman–Crippen MR) is 75.9 cm³/mol. The topological polar surface area (TPSA) is 55.1 Å². The lowest BCUT2D eigenvalue weighted by molar-refractivity contribution is -0.112. The van der Waals surface area contributed by atoms with E-state index in [9.17, 15) is 4.79 Å². The standard InChI is InChI=1S/C15H18N2O/c1-3-8-12(11-13(16)4-2)15(18)17-14-9-6-5-7-10-14/h3,5-11H,1,4,16H2,2H3,(H,17,18)/b12-8+,13-11+. The van der Waals surface area contributed by atoms with Gasteiger partial charge in [0, 0.05) is 17.0 Å². The summed E-state index contributed by atoms with van der Waals surface area (Å²) in [5.41, 5.74) is 7.64. The van der Waals surface area contributed by atoms with Crippen LogP contribution in [0.2, 0.25) is 0 Å². The molecule has 1 amide bonds. The lowest BCUT2D eigenvalue weighted by Crippen LogP contribution is -2.14. The van der Waals surface area contributed by atoms with E-state index in [1.165, 1.54) is 0 Å². The molecule has 0 saturated carbocycles. The number of anilines is 1. The van der Waals surface area contributed by atoms with Gasteiger partial charge >= 0.3 is 0 Å². The van der Waals surface area contributed by atoms with Crippen LogP contribution in [0.25, 0.3) is 0 Å². The Morgan fingerprint density at radius 1 is 1.39 bits per heavy atom. The van der Waals surface area contributed by atoms with Crippen molar-refractivity contribution >= 4 is 11.6 Å². The van der Waals surface area contributed by atoms with Crippen molar-refractivity contribution in [2.24, 2.45) is 5.73 Å². The summed E-state index contributed by atoms with van der Waals surface area (Å²) in [5, 5.41) is 2.80. The molecule has 1 rings (SSSR count). The fraction of sp³-hybridized carbons (Fsp3) is 0.133. The highest BCUT2D eigenvalue weighted by Crippen LogP contribution is 2.09. The first-order valence-electron chi connectivity index (χ1n) is 5.82. The van der Waals surface area contributed by atoms with Crippen molar-refractivity contribution in [1.29, 1.82) is 0 Å². The van der Waals surface area contributed by atoms with Crippen molar-refractivity contribution in [3.63, 3.8) is 0 Å². The monoisotopic (exact) mass is 242 g/mol. The Balaban J connectivity index is 2.85. The lowest BCUT2D eigenvalue weighted by atomic mass is 10.1. The van der Waals surface area contributed by atoms with Gasteiger partial charge in [0.2, 0.25) is 0 Å². The molecule has 0 fully saturated rings. The number of para-hydroxylation sites is 1. The fourth-order valence-corrected chi connectivity index (χ4v) is 1.34. The van der Waals surface area contributed by atoms with E-state index < -0.39 is 0 Å². The van der Waals surface area contributed by atoms with E-state index in [0.717, 1.165) is 5.69 Å². The van der Waals surface area contributed by atoms with Gasteiger partial charge in [-0.2, -0.15) is 0 Å². The summed E-state index contributed by atoms with van der Waals surface area (Å²) in [6.07, 6.45) is 5.58. The minimum atomic E-state index is -0.197. The first-order chi connectivity index (χ1) is 8.67. The van der Waals surface area contributed by atoms with Crippen LogP contribution in [0.4, 0.5) is 5.69 Å². The Morgan fingerprint density at radius 2 is 2.06 bits per heavy atom. The van der Waals surface area contributed by atoms with Crippen molar-refractivity contribution in [3.05, 3.63) is 66.4 Å². The van der Waals surface area contributed by atoms with E-state index in [4.69, 9.17) is 5.73 Å². The molecule has 18 heavy (non-hydrogen) atoms. The minimum Gasteiger partial charge on any atom is -0.402 e. The number of nitrogens with one attached hydrogen (secondary N) is 1. The molecule has 94 valence electrons. The summed E-state index contributed by atoms with van der Waals surface area (Å²) in [6, 6.07) is 9.28. The number of allylic oxidation sites excluding steroid dienone is 3. The molecule has 0 aliphatic rings. The van der Waals surface area contributed by atoms with Crippen molar-refractivity contribution < 1.29 is 4.79 Å². The molecule has 0 bridgehead atoms. The quantitative estimate of drug-likeness (QED) is 0.616. The highest BCUT2D eigenvalue weighted by Gasteiger charge is 2.06. The van der Waals surface area contributed by atoms with Gasteiger partial charge in [-0.25, -0.2) is 0 Å². The fourth-order valence-electron chi connectivity index (χ4n) is 1.34. The average molecular weight is 242 g/mol. The molecule has 0 spiro atoms. The van der Waals surface area contributed by atoms with Crippen LogP contribution >= 0.6 is 0 Å². The second kappa shape index (κ2) is 7.12. The smallest absolute Gasteiger partial charge is 0.255 e. The molecule has 0 aromatic heterocycles. The number of hydrogen-bond donors (Lipinski definition) is 2. The third-order valence-corrected chi connectivity index (χ3v) is 2.34. The molecule has 3 N–H and O–H groups in total. The summed E-state index contributed by atoms with van der Waals surface area (Å²) >= 11 is 0. The van der Waals surface area contributed by atoms with E-state index in [2.05, 4.69) is 11.9 Å². The summed E-state index contributed by atoms with van der Waals surface area (Å²) in [5.74, 6) is -0.197.